The van der Waals surface area contributed by atoms with Gasteiger partial charge in [0.15, 0.2) is 0 Å². The molecule has 1 aromatic carbocycles. The lowest BCUT2D eigenvalue weighted by atomic mass is 10.2. The number of hydrogen-bond donors (Lipinski definition) is 2. The van der Waals surface area contributed by atoms with Gasteiger partial charge in [0, 0.05) is 18.0 Å². The molecule has 0 aromatic heterocycles. The molecule has 19 heavy (non-hydrogen) atoms. The summed E-state index contributed by atoms with van der Waals surface area (Å²) in [7, 11) is 0. The van der Waals surface area contributed by atoms with E-state index in [1.165, 1.54) is 0 Å². The molecule has 2 atom stereocenters. The third-order valence-corrected chi connectivity index (χ3v) is 2.54. The molecule has 0 aliphatic rings. The summed E-state index contributed by atoms with van der Waals surface area (Å²) in [6, 6.07) is 6.98. The van der Waals surface area contributed by atoms with Crippen LogP contribution >= 0.6 is 0 Å². The second kappa shape index (κ2) is 7.76. The second-order valence-electron chi connectivity index (χ2n) is 4.36. The van der Waals surface area contributed by atoms with E-state index in [0.29, 0.717) is 24.6 Å². The summed E-state index contributed by atoms with van der Waals surface area (Å²) in [5, 5.41) is 2.77. The first-order valence-corrected chi connectivity index (χ1v) is 6.42. The average Bonchev–Trinajstić information content (AvgIpc) is 2.39. The fraction of sp³-hybridized carbons (Fsp3) is 0.500. The highest BCUT2D eigenvalue weighted by Crippen LogP contribution is 2.11. The summed E-state index contributed by atoms with van der Waals surface area (Å²) < 4.78 is 10.8. The minimum absolute atomic E-state index is 0.118. The third-order valence-electron chi connectivity index (χ3n) is 2.54. The van der Waals surface area contributed by atoms with E-state index in [-0.39, 0.29) is 12.0 Å². The first-order valence-electron chi connectivity index (χ1n) is 6.42. The Bertz CT molecular complexity index is 392. The molecular weight excluding hydrogens is 244 g/mol. The number of carbonyl (C=O) groups is 1. The van der Waals surface area contributed by atoms with Crippen LogP contribution < -0.4 is 11.1 Å². The summed E-state index contributed by atoms with van der Waals surface area (Å²) in [6.07, 6.45) is -0.653. The van der Waals surface area contributed by atoms with Gasteiger partial charge in [-0.3, -0.25) is 4.79 Å². The molecule has 5 heteroatoms. The molecule has 106 valence electrons. The Morgan fingerprint density at radius 1 is 1.32 bits per heavy atom. The second-order valence-corrected chi connectivity index (χ2v) is 4.36. The van der Waals surface area contributed by atoms with Crippen LogP contribution in [0, 0.1) is 0 Å². The normalized spacial score (nSPS) is 13.8. The summed E-state index contributed by atoms with van der Waals surface area (Å²) in [5.74, 6) is -0.187. The molecule has 0 heterocycles. The standard InChI is InChI=1S/C14H22N2O3/c1-4-18-9-10(2)19-11(3)14(17)16-13-7-5-12(15)6-8-13/h5-8,10-11H,4,9,15H2,1-3H3,(H,16,17). The molecule has 0 aliphatic carbocycles. The summed E-state index contributed by atoms with van der Waals surface area (Å²) in [5.41, 5.74) is 6.94. The van der Waals surface area contributed by atoms with Crippen LogP contribution in [0.4, 0.5) is 11.4 Å². The number of nitrogens with one attached hydrogen (secondary N) is 1. The third kappa shape index (κ3) is 5.72. The molecule has 0 fully saturated rings. The van der Waals surface area contributed by atoms with Crippen molar-refractivity contribution in [3.8, 4) is 0 Å². The zero-order chi connectivity index (χ0) is 14.3. The number of nitrogens with two attached hydrogens (primary N) is 1. The lowest BCUT2D eigenvalue weighted by molar-refractivity contribution is -0.131. The highest BCUT2D eigenvalue weighted by atomic mass is 16.5. The van der Waals surface area contributed by atoms with Crippen molar-refractivity contribution in [3.63, 3.8) is 0 Å². The van der Waals surface area contributed by atoms with Crippen LogP contribution in [0.2, 0.25) is 0 Å². The van der Waals surface area contributed by atoms with E-state index in [2.05, 4.69) is 5.32 Å². The Morgan fingerprint density at radius 3 is 2.53 bits per heavy atom. The fourth-order valence-corrected chi connectivity index (χ4v) is 1.54. The van der Waals surface area contributed by atoms with Crippen LogP contribution in [0.3, 0.4) is 0 Å². The Labute approximate surface area is 114 Å². The van der Waals surface area contributed by atoms with Crippen LogP contribution in [0.15, 0.2) is 24.3 Å². The van der Waals surface area contributed by atoms with Gasteiger partial charge in [-0.25, -0.2) is 0 Å². The smallest absolute Gasteiger partial charge is 0.253 e. The van der Waals surface area contributed by atoms with Gasteiger partial charge in [0.05, 0.1) is 12.7 Å². The highest BCUT2D eigenvalue weighted by molar-refractivity contribution is 5.94. The molecule has 1 amide bonds. The average molecular weight is 266 g/mol. The molecule has 5 nitrogen and oxygen atoms in total. The van der Waals surface area contributed by atoms with Crippen LogP contribution in [0.25, 0.3) is 0 Å². The molecule has 2 unspecified atom stereocenters. The summed E-state index contributed by atoms with van der Waals surface area (Å²) in [6.45, 7) is 6.64. The van der Waals surface area contributed by atoms with Crippen LogP contribution in [-0.2, 0) is 14.3 Å². The van der Waals surface area contributed by atoms with E-state index in [1.54, 1.807) is 31.2 Å². The van der Waals surface area contributed by atoms with Crippen molar-refractivity contribution in [2.45, 2.75) is 33.0 Å². The largest absolute Gasteiger partial charge is 0.399 e. The molecule has 0 bridgehead atoms. The number of carbonyl (C=O) groups excluding carboxylic acids is 1. The Morgan fingerprint density at radius 2 is 1.95 bits per heavy atom. The fourth-order valence-electron chi connectivity index (χ4n) is 1.54. The number of benzene rings is 1. The van der Waals surface area contributed by atoms with Crippen molar-refractivity contribution in [2.24, 2.45) is 0 Å². The quantitative estimate of drug-likeness (QED) is 0.741. The Balaban J connectivity index is 2.42. The molecule has 3 N–H and O–H groups in total. The number of ether oxygens (including phenoxy) is 2. The molecule has 0 saturated carbocycles. The zero-order valence-corrected chi connectivity index (χ0v) is 11.7. The van der Waals surface area contributed by atoms with Gasteiger partial charge in [-0.2, -0.15) is 0 Å². The maximum Gasteiger partial charge on any atom is 0.253 e. The van der Waals surface area contributed by atoms with Crippen molar-refractivity contribution in [3.05, 3.63) is 24.3 Å². The van der Waals surface area contributed by atoms with Gasteiger partial charge < -0.3 is 20.5 Å². The number of rotatable bonds is 7. The van der Waals surface area contributed by atoms with Gasteiger partial charge in [-0.15, -0.1) is 0 Å². The lowest BCUT2D eigenvalue weighted by Gasteiger charge is -2.18. The topological polar surface area (TPSA) is 73.6 Å². The maximum absolute atomic E-state index is 11.9. The first-order chi connectivity index (χ1) is 9.02. The van der Waals surface area contributed by atoms with E-state index in [4.69, 9.17) is 15.2 Å². The molecule has 0 saturated heterocycles. The molecule has 1 rings (SSSR count). The minimum Gasteiger partial charge on any atom is -0.399 e. The number of amides is 1. The van der Waals surface area contributed by atoms with Gasteiger partial charge in [-0.1, -0.05) is 0 Å². The van der Waals surface area contributed by atoms with Gasteiger partial charge in [0.2, 0.25) is 0 Å². The van der Waals surface area contributed by atoms with Crippen LogP contribution in [0.5, 0.6) is 0 Å². The predicted molar refractivity (Wildman–Crippen MR) is 76.0 cm³/mol. The highest BCUT2D eigenvalue weighted by Gasteiger charge is 2.16. The van der Waals surface area contributed by atoms with Crippen molar-refractivity contribution in [2.75, 3.05) is 24.3 Å². The predicted octanol–water partition coefficient (Wildman–Crippen LogP) is 2.04. The van der Waals surface area contributed by atoms with Gasteiger partial charge in [0.1, 0.15) is 6.10 Å². The van der Waals surface area contributed by atoms with E-state index in [9.17, 15) is 4.79 Å². The van der Waals surface area contributed by atoms with Crippen molar-refractivity contribution in [1.29, 1.82) is 0 Å². The number of hydrogen-bond acceptors (Lipinski definition) is 4. The molecule has 0 aliphatic heterocycles. The van der Waals surface area contributed by atoms with E-state index in [1.807, 2.05) is 13.8 Å². The molecular formula is C14H22N2O3. The SMILES string of the molecule is CCOCC(C)OC(C)C(=O)Nc1ccc(N)cc1. The minimum atomic E-state index is -0.534. The van der Waals surface area contributed by atoms with Gasteiger partial charge in [0.25, 0.3) is 5.91 Å². The summed E-state index contributed by atoms with van der Waals surface area (Å²) >= 11 is 0. The van der Waals surface area contributed by atoms with Crippen LogP contribution in [-0.4, -0.2) is 31.3 Å². The Kier molecular flexibility index (Phi) is 6.32. The van der Waals surface area contributed by atoms with E-state index < -0.39 is 6.10 Å². The van der Waals surface area contributed by atoms with Crippen molar-refractivity contribution < 1.29 is 14.3 Å². The lowest BCUT2D eigenvalue weighted by Crippen LogP contribution is -2.32. The number of nitrogen functional groups attached to an aromatic ring is 1. The van der Waals surface area contributed by atoms with Crippen molar-refractivity contribution in [1.82, 2.24) is 0 Å². The molecule has 1 aromatic rings. The van der Waals surface area contributed by atoms with Gasteiger partial charge in [-0.05, 0) is 45.0 Å². The van der Waals surface area contributed by atoms with Crippen molar-refractivity contribution >= 4 is 17.3 Å². The monoisotopic (exact) mass is 266 g/mol. The van der Waals surface area contributed by atoms with Gasteiger partial charge >= 0.3 is 0 Å². The zero-order valence-electron chi connectivity index (χ0n) is 11.7. The van der Waals surface area contributed by atoms with Crippen LogP contribution in [0.1, 0.15) is 20.8 Å². The van der Waals surface area contributed by atoms with E-state index in [0.717, 1.165) is 0 Å². The van der Waals surface area contributed by atoms with E-state index >= 15 is 0 Å². The molecule has 0 radical (unpaired) electrons. The first kappa shape index (κ1) is 15.5. The maximum atomic E-state index is 11.9. The summed E-state index contributed by atoms with van der Waals surface area (Å²) in [4.78, 5) is 11.9. The molecule has 0 spiro atoms. The Hall–Kier alpha value is -1.59. The number of anilines is 2.